The average Bonchev–Trinajstić information content (AvgIpc) is 2.78. The number of rotatable bonds is 11. The van der Waals surface area contributed by atoms with Gasteiger partial charge in [-0.1, -0.05) is 51.5 Å². The maximum absolute atomic E-state index is 12.1. The molecule has 154 valence electrons. The third-order valence-electron chi connectivity index (χ3n) is 4.25. The van der Waals surface area contributed by atoms with E-state index < -0.39 is 11.9 Å². The average molecular weight is 398 g/mol. The Morgan fingerprint density at radius 3 is 1.48 bits per heavy atom. The summed E-state index contributed by atoms with van der Waals surface area (Å²) in [6.45, 7) is 7.79. The summed E-state index contributed by atoms with van der Waals surface area (Å²) in [6, 6.07) is 14.0. The second-order valence-electron chi connectivity index (χ2n) is 6.34. The topological polar surface area (TPSA) is 71.1 Å². The molecule has 0 saturated heterocycles. The van der Waals surface area contributed by atoms with E-state index in [1.54, 1.807) is 24.3 Å². The van der Waals surface area contributed by atoms with Crippen molar-refractivity contribution in [3.63, 3.8) is 0 Å². The molecule has 0 spiro atoms. The molecule has 0 amide bonds. The normalized spacial score (nSPS) is 10.8. The lowest BCUT2D eigenvalue weighted by Crippen LogP contribution is -2.16. The van der Waals surface area contributed by atoms with Gasteiger partial charge in [0.2, 0.25) is 0 Å². The van der Waals surface area contributed by atoms with Crippen molar-refractivity contribution in [3.8, 4) is 0 Å². The van der Waals surface area contributed by atoms with Gasteiger partial charge in [-0.2, -0.15) is 0 Å². The second-order valence-corrected chi connectivity index (χ2v) is 6.34. The first-order chi connectivity index (χ1) is 14.1. The van der Waals surface area contributed by atoms with E-state index in [4.69, 9.17) is 19.6 Å². The van der Waals surface area contributed by atoms with E-state index in [1.807, 2.05) is 38.1 Å². The van der Waals surface area contributed by atoms with E-state index in [9.17, 15) is 9.59 Å². The van der Waals surface area contributed by atoms with E-state index in [0.29, 0.717) is 24.0 Å². The number of benzene rings is 2. The van der Waals surface area contributed by atoms with Crippen LogP contribution in [-0.4, -0.2) is 11.9 Å². The monoisotopic (exact) mass is 398 g/mol. The molecule has 29 heavy (non-hydrogen) atoms. The Hall–Kier alpha value is -2.70. The van der Waals surface area contributed by atoms with Crippen molar-refractivity contribution in [2.24, 2.45) is 0 Å². The van der Waals surface area contributed by atoms with Gasteiger partial charge in [-0.25, -0.2) is 9.59 Å². The predicted molar refractivity (Wildman–Crippen MR) is 107 cm³/mol. The summed E-state index contributed by atoms with van der Waals surface area (Å²) in [5.41, 5.74) is 2.89. The van der Waals surface area contributed by atoms with E-state index in [0.717, 1.165) is 24.0 Å². The second kappa shape index (κ2) is 12.0. The van der Waals surface area contributed by atoms with Gasteiger partial charge in [0.15, 0.2) is 0 Å². The summed E-state index contributed by atoms with van der Waals surface area (Å²) in [7, 11) is 0. The highest BCUT2D eigenvalue weighted by Gasteiger charge is 2.21. The van der Waals surface area contributed by atoms with Gasteiger partial charge in [0, 0.05) is 6.42 Å². The van der Waals surface area contributed by atoms with Crippen LogP contribution in [-0.2, 0) is 32.4 Å². The van der Waals surface area contributed by atoms with E-state index >= 15 is 0 Å². The summed E-state index contributed by atoms with van der Waals surface area (Å²) in [4.78, 5) is 43.8. The van der Waals surface area contributed by atoms with Crippen LogP contribution in [0.2, 0.25) is 0 Å². The van der Waals surface area contributed by atoms with Crippen molar-refractivity contribution in [1.82, 2.24) is 0 Å². The first-order valence-electron chi connectivity index (χ1n) is 9.68. The van der Waals surface area contributed by atoms with Crippen LogP contribution in [0.4, 0.5) is 0 Å². The molecule has 2 aromatic carbocycles. The molecule has 0 unspecified atom stereocenters. The lowest BCUT2D eigenvalue weighted by atomic mass is 10.1. The highest BCUT2D eigenvalue weighted by Crippen LogP contribution is 2.18. The molecule has 0 aromatic heterocycles. The number of unbranched alkanes of at least 4 members (excludes halogenated alkanes) is 1. The van der Waals surface area contributed by atoms with Crippen LogP contribution in [0.1, 0.15) is 65.0 Å². The van der Waals surface area contributed by atoms with Crippen molar-refractivity contribution in [2.45, 2.75) is 46.0 Å². The molecule has 6 heteroatoms. The molecule has 0 N–H and O–H groups in total. The van der Waals surface area contributed by atoms with Crippen molar-refractivity contribution in [3.05, 3.63) is 84.0 Å². The molecular weight excluding hydrogens is 372 g/mol. The molecule has 0 fully saturated rings. The van der Waals surface area contributed by atoms with Crippen molar-refractivity contribution in [2.75, 3.05) is 0 Å². The van der Waals surface area contributed by atoms with Gasteiger partial charge < -0.3 is 0 Å². The molecule has 6 nitrogen and oxygen atoms in total. The highest BCUT2D eigenvalue weighted by molar-refractivity contribution is 5.89. The van der Waals surface area contributed by atoms with Gasteiger partial charge in [-0.05, 0) is 54.7 Å². The number of hydrogen-bond acceptors (Lipinski definition) is 6. The van der Waals surface area contributed by atoms with Crippen LogP contribution >= 0.6 is 0 Å². The van der Waals surface area contributed by atoms with Crippen molar-refractivity contribution >= 4 is 11.9 Å². The predicted octanol–water partition coefficient (Wildman–Crippen LogP) is 5.18. The van der Waals surface area contributed by atoms with Gasteiger partial charge in [0.1, 0.15) is 0 Å². The van der Waals surface area contributed by atoms with Crippen molar-refractivity contribution in [1.29, 1.82) is 0 Å². The quantitative estimate of drug-likeness (QED) is 0.384. The highest BCUT2D eigenvalue weighted by atomic mass is 17.3. The fourth-order valence-corrected chi connectivity index (χ4v) is 2.38. The zero-order valence-electron chi connectivity index (χ0n) is 16.8. The summed E-state index contributed by atoms with van der Waals surface area (Å²) in [5.74, 6) is -1.35. The minimum Gasteiger partial charge on any atom is -0.289 e. The fraction of sp³-hybridized carbons (Fsp3) is 0.304. The Morgan fingerprint density at radius 2 is 1.14 bits per heavy atom. The molecule has 0 aliphatic rings. The number of aryl methyl sites for hydroxylation is 2. The Kier molecular flexibility index (Phi) is 9.34. The first-order valence-corrected chi connectivity index (χ1v) is 9.68. The number of hydrogen-bond donors (Lipinski definition) is 0. The molecule has 0 heterocycles. The fourth-order valence-electron chi connectivity index (χ4n) is 2.38. The first kappa shape index (κ1) is 22.6. The molecular formula is C23H26O6. The van der Waals surface area contributed by atoms with Crippen molar-refractivity contribution < 1.29 is 29.1 Å². The van der Waals surface area contributed by atoms with Gasteiger partial charge in [0.25, 0.3) is 0 Å². The number of carbonyl (C=O) groups is 2. The van der Waals surface area contributed by atoms with Crippen LogP contribution in [0.5, 0.6) is 0 Å². The number of carbonyl (C=O) groups excluding carboxylic acids is 2. The Balaban J connectivity index is 1.88. The third kappa shape index (κ3) is 7.33. The largest absolute Gasteiger partial charge is 0.373 e. The maximum Gasteiger partial charge on any atom is 0.373 e. The van der Waals surface area contributed by atoms with Crippen LogP contribution in [0, 0.1) is 13.2 Å². The van der Waals surface area contributed by atoms with E-state index in [2.05, 4.69) is 6.92 Å². The Labute approximate surface area is 171 Å². The van der Waals surface area contributed by atoms with Crippen LogP contribution in [0.15, 0.2) is 48.5 Å². The molecule has 0 aliphatic heterocycles. The van der Waals surface area contributed by atoms with Gasteiger partial charge in [-0.3, -0.25) is 9.78 Å². The molecule has 0 atom stereocenters. The summed E-state index contributed by atoms with van der Waals surface area (Å²) in [6.07, 6.45) is 3.07. The Bertz CT molecular complexity index is 703. The maximum atomic E-state index is 12.1. The van der Waals surface area contributed by atoms with Gasteiger partial charge in [-0.15, -0.1) is 9.78 Å². The molecule has 0 bridgehead atoms. The zero-order valence-corrected chi connectivity index (χ0v) is 16.8. The lowest BCUT2D eigenvalue weighted by Gasteiger charge is -2.13. The summed E-state index contributed by atoms with van der Waals surface area (Å²) >= 11 is 0. The molecule has 2 rings (SSSR count). The minimum atomic E-state index is -0.676. The SMILES string of the molecule is [CH2]CCC[C](OOC(=O)c1ccc(CC)cc1)OOC(=O)c1ccc(CC)cc1. The smallest absolute Gasteiger partial charge is 0.289 e. The standard InChI is InChI=1S/C23H26O6/c1-4-7-8-21(26-28-22(24)19-13-9-17(5-2)10-14-19)27-29-23(25)20-15-11-18(6-3)12-16-20/h9-16H,1,4-8H2,2-3H3. The van der Waals surface area contributed by atoms with Gasteiger partial charge in [0.05, 0.1) is 11.1 Å². The molecule has 0 aliphatic carbocycles. The summed E-state index contributed by atoms with van der Waals surface area (Å²) in [5, 5.41) is 0. The van der Waals surface area contributed by atoms with Crippen LogP contribution < -0.4 is 0 Å². The van der Waals surface area contributed by atoms with Crippen LogP contribution in [0.25, 0.3) is 0 Å². The minimum absolute atomic E-state index is 0.134. The summed E-state index contributed by atoms with van der Waals surface area (Å²) < 4.78 is 0. The van der Waals surface area contributed by atoms with Crippen LogP contribution in [0.3, 0.4) is 0 Å². The molecule has 0 saturated carbocycles. The Morgan fingerprint density at radius 1 is 0.724 bits per heavy atom. The van der Waals surface area contributed by atoms with E-state index in [1.165, 1.54) is 0 Å². The molecule has 2 radical (unpaired) electrons. The van der Waals surface area contributed by atoms with Gasteiger partial charge >= 0.3 is 18.2 Å². The molecule has 2 aromatic rings. The zero-order chi connectivity index (χ0) is 21.1. The lowest BCUT2D eigenvalue weighted by molar-refractivity contribution is -0.363. The van der Waals surface area contributed by atoms with E-state index in [-0.39, 0.29) is 12.7 Å². The third-order valence-corrected chi connectivity index (χ3v) is 4.25.